The maximum absolute atomic E-state index is 12.9. The van der Waals surface area contributed by atoms with Crippen LogP contribution in [0, 0.1) is 31.6 Å². The second kappa shape index (κ2) is 7.78. The Bertz CT molecular complexity index is 654. The number of nitrogens with one attached hydrogen (secondary N) is 1. The van der Waals surface area contributed by atoms with Gasteiger partial charge in [-0.25, -0.2) is 0 Å². The molecule has 2 atom stereocenters. The zero-order chi connectivity index (χ0) is 18.8. The number of para-hydroxylation sites is 1. The number of amides is 2. The van der Waals surface area contributed by atoms with Gasteiger partial charge < -0.3 is 16.0 Å². The molecule has 5 nitrogen and oxygen atoms in total. The number of hydrogen-bond acceptors (Lipinski definition) is 3. The van der Waals surface area contributed by atoms with Crippen LogP contribution in [0.1, 0.15) is 43.2 Å². The fourth-order valence-corrected chi connectivity index (χ4v) is 4.79. The van der Waals surface area contributed by atoms with E-state index < -0.39 is 0 Å². The van der Waals surface area contributed by atoms with Gasteiger partial charge in [-0.15, -0.1) is 0 Å². The van der Waals surface area contributed by atoms with Gasteiger partial charge in [0.1, 0.15) is 0 Å². The molecule has 0 heterocycles. The summed E-state index contributed by atoms with van der Waals surface area (Å²) >= 11 is 0. The monoisotopic (exact) mass is 357 g/mol. The number of carbonyl (C=O) groups is 2. The molecule has 0 saturated heterocycles. The summed E-state index contributed by atoms with van der Waals surface area (Å²) in [5.74, 6) is 0.890. The van der Waals surface area contributed by atoms with Gasteiger partial charge in [-0.1, -0.05) is 24.6 Å². The largest absolute Gasteiger partial charge is 0.336 e. The topological polar surface area (TPSA) is 75.4 Å². The molecule has 0 radical (unpaired) electrons. The highest BCUT2D eigenvalue weighted by molar-refractivity contribution is 5.96. The Morgan fingerprint density at radius 3 is 2.31 bits per heavy atom. The highest BCUT2D eigenvalue weighted by atomic mass is 16.2. The van der Waals surface area contributed by atoms with E-state index in [1.165, 1.54) is 6.42 Å². The van der Waals surface area contributed by atoms with E-state index in [9.17, 15) is 9.59 Å². The predicted molar refractivity (Wildman–Crippen MR) is 104 cm³/mol. The molecule has 2 unspecified atom stereocenters. The quantitative estimate of drug-likeness (QED) is 0.870. The van der Waals surface area contributed by atoms with Crippen molar-refractivity contribution >= 4 is 17.5 Å². The van der Waals surface area contributed by atoms with Crippen molar-refractivity contribution in [3.8, 4) is 0 Å². The summed E-state index contributed by atoms with van der Waals surface area (Å²) < 4.78 is 0. The van der Waals surface area contributed by atoms with Crippen LogP contribution in [-0.2, 0) is 9.59 Å². The third-order valence-corrected chi connectivity index (χ3v) is 6.26. The van der Waals surface area contributed by atoms with E-state index in [0.29, 0.717) is 11.8 Å². The smallest absolute Gasteiger partial charge is 0.243 e. The third kappa shape index (κ3) is 3.93. The van der Waals surface area contributed by atoms with E-state index in [4.69, 9.17) is 5.73 Å². The van der Waals surface area contributed by atoms with E-state index in [2.05, 4.69) is 5.32 Å². The maximum atomic E-state index is 12.9. The molecule has 0 aliphatic heterocycles. The molecule has 5 heteroatoms. The molecule has 2 aliphatic carbocycles. The SMILES string of the molecule is Cc1cccc(C)c1NC(=O)CN(C)C(=O)C1CC2CCCC(C1)C2N. The van der Waals surface area contributed by atoms with Gasteiger partial charge in [-0.2, -0.15) is 0 Å². The summed E-state index contributed by atoms with van der Waals surface area (Å²) in [5, 5.41) is 2.96. The molecular weight excluding hydrogens is 326 g/mol. The lowest BCUT2D eigenvalue weighted by Gasteiger charge is -2.44. The van der Waals surface area contributed by atoms with Crippen LogP contribution in [0.2, 0.25) is 0 Å². The molecule has 2 saturated carbocycles. The van der Waals surface area contributed by atoms with E-state index in [0.717, 1.165) is 42.5 Å². The Morgan fingerprint density at radius 1 is 1.15 bits per heavy atom. The van der Waals surface area contributed by atoms with Gasteiger partial charge in [0, 0.05) is 24.7 Å². The normalized spacial score (nSPS) is 27.7. The Balaban J connectivity index is 1.58. The van der Waals surface area contributed by atoms with Gasteiger partial charge >= 0.3 is 0 Å². The summed E-state index contributed by atoms with van der Waals surface area (Å²) in [6.45, 7) is 4.04. The Labute approximate surface area is 156 Å². The number of nitrogens with two attached hydrogens (primary N) is 1. The first kappa shape index (κ1) is 18.9. The molecule has 0 spiro atoms. The molecular formula is C21H31N3O2. The van der Waals surface area contributed by atoms with Crippen molar-refractivity contribution in [2.24, 2.45) is 23.5 Å². The number of likely N-dealkylation sites (N-methyl/N-ethyl adjacent to an activating group) is 1. The van der Waals surface area contributed by atoms with Gasteiger partial charge in [0.15, 0.2) is 0 Å². The number of fused-ring (bicyclic) bond motifs is 2. The lowest BCUT2D eigenvalue weighted by Crippen LogP contribution is -2.49. The van der Waals surface area contributed by atoms with E-state index >= 15 is 0 Å². The van der Waals surface area contributed by atoms with Gasteiger partial charge in [-0.05, 0) is 62.5 Å². The Morgan fingerprint density at radius 2 is 1.73 bits per heavy atom. The standard InChI is InChI=1S/C21H31N3O2/c1-13-6-4-7-14(2)20(13)23-18(25)12-24(3)21(26)17-10-15-8-5-9-16(11-17)19(15)22/h4,6-7,15-17,19H,5,8-12,22H2,1-3H3,(H,23,25). The van der Waals surface area contributed by atoms with Crippen molar-refractivity contribution < 1.29 is 9.59 Å². The number of benzene rings is 1. The second-order valence-electron chi connectivity index (χ2n) is 8.21. The molecule has 2 amide bonds. The van der Waals surface area contributed by atoms with Gasteiger partial charge in [-0.3, -0.25) is 9.59 Å². The Hall–Kier alpha value is -1.88. The maximum Gasteiger partial charge on any atom is 0.243 e. The minimum Gasteiger partial charge on any atom is -0.336 e. The predicted octanol–water partition coefficient (Wildman–Crippen LogP) is 2.85. The molecule has 142 valence electrons. The van der Waals surface area contributed by atoms with Crippen LogP contribution in [0.25, 0.3) is 0 Å². The summed E-state index contributed by atoms with van der Waals surface area (Å²) in [5.41, 5.74) is 9.23. The lowest BCUT2D eigenvalue weighted by molar-refractivity contribution is -0.139. The zero-order valence-electron chi connectivity index (χ0n) is 16.1. The van der Waals surface area contributed by atoms with Crippen LogP contribution >= 0.6 is 0 Å². The minimum atomic E-state index is -0.147. The van der Waals surface area contributed by atoms with Crippen LogP contribution in [0.4, 0.5) is 5.69 Å². The van der Waals surface area contributed by atoms with Crippen LogP contribution in [-0.4, -0.2) is 36.3 Å². The van der Waals surface area contributed by atoms with Crippen molar-refractivity contribution in [3.05, 3.63) is 29.3 Å². The highest BCUT2D eigenvalue weighted by Gasteiger charge is 2.41. The lowest BCUT2D eigenvalue weighted by atomic mass is 9.65. The molecule has 3 rings (SSSR count). The highest BCUT2D eigenvalue weighted by Crippen LogP contribution is 2.42. The summed E-state index contributed by atoms with van der Waals surface area (Å²) in [6, 6.07) is 6.18. The number of nitrogens with zero attached hydrogens (tertiary/aromatic N) is 1. The van der Waals surface area contributed by atoms with E-state index in [1.807, 2.05) is 32.0 Å². The summed E-state index contributed by atoms with van der Waals surface area (Å²) in [7, 11) is 1.73. The van der Waals surface area contributed by atoms with Crippen LogP contribution in [0.3, 0.4) is 0 Å². The molecule has 1 aromatic carbocycles. The fourth-order valence-electron chi connectivity index (χ4n) is 4.79. The molecule has 1 aromatic rings. The van der Waals surface area contributed by atoms with Crippen molar-refractivity contribution in [1.82, 2.24) is 4.90 Å². The molecule has 2 aliphatic rings. The number of anilines is 1. The fraction of sp³-hybridized carbons (Fsp3) is 0.619. The van der Waals surface area contributed by atoms with E-state index in [-0.39, 0.29) is 30.3 Å². The first-order valence-corrected chi connectivity index (χ1v) is 9.73. The molecule has 26 heavy (non-hydrogen) atoms. The molecule has 3 N–H and O–H groups in total. The van der Waals surface area contributed by atoms with Crippen molar-refractivity contribution in [3.63, 3.8) is 0 Å². The first-order valence-electron chi connectivity index (χ1n) is 9.73. The van der Waals surface area contributed by atoms with Gasteiger partial charge in [0.2, 0.25) is 11.8 Å². The Kier molecular flexibility index (Phi) is 5.66. The zero-order valence-corrected chi connectivity index (χ0v) is 16.1. The number of rotatable bonds is 4. The van der Waals surface area contributed by atoms with Crippen LogP contribution in [0.15, 0.2) is 18.2 Å². The molecule has 2 fully saturated rings. The number of aryl methyl sites for hydroxylation is 2. The van der Waals surface area contributed by atoms with Crippen LogP contribution in [0.5, 0.6) is 0 Å². The van der Waals surface area contributed by atoms with Crippen molar-refractivity contribution in [2.45, 2.75) is 52.0 Å². The summed E-state index contributed by atoms with van der Waals surface area (Å²) in [4.78, 5) is 26.9. The molecule has 2 bridgehead atoms. The first-order chi connectivity index (χ1) is 12.4. The van der Waals surface area contributed by atoms with Gasteiger partial charge in [0.25, 0.3) is 0 Å². The minimum absolute atomic E-state index is 0.0168. The van der Waals surface area contributed by atoms with E-state index in [1.54, 1.807) is 11.9 Å². The molecule has 0 aromatic heterocycles. The van der Waals surface area contributed by atoms with Crippen LogP contribution < -0.4 is 11.1 Å². The van der Waals surface area contributed by atoms with Crippen molar-refractivity contribution in [2.75, 3.05) is 18.9 Å². The third-order valence-electron chi connectivity index (χ3n) is 6.26. The summed E-state index contributed by atoms with van der Waals surface area (Å²) in [6.07, 6.45) is 5.26. The van der Waals surface area contributed by atoms with Crippen molar-refractivity contribution in [1.29, 1.82) is 0 Å². The number of hydrogen-bond donors (Lipinski definition) is 2. The average Bonchev–Trinajstić information content (AvgIpc) is 2.57. The average molecular weight is 357 g/mol. The van der Waals surface area contributed by atoms with Gasteiger partial charge in [0.05, 0.1) is 6.54 Å². The second-order valence-corrected chi connectivity index (χ2v) is 8.21. The number of carbonyl (C=O) groups excluding carboxylic acids is 2.